The molecule has 0 bridgehead atoms. The average molecular weight is 317 g/mol. The predicted molar refractivity (Wildman–Crippen MR) is 86.6 cm³/mol. The van der Waals surface area contributed by atoms with Crippen LogP contribution in [-0.2, 0) is 9.53 Å². The number of ether oxygens (including phenoxy) is 1. The van der Waals surface area contributed by atoms with Gasteiger partial charge in [-0.2, -0.15) is 0 Å². The van der Waals surface area contributed by atoms with Gasteiger partial charge in [0.05, 0.1) is 13.2 Å². The molecular formula is C16H23N5O2. The Labute approximate surface area is 136 Å². The normalized spacial score (nSPS) is 28.2. The summed E-state index contributed by atoms with van der Waals surface area (Å²) in [4.78, 5) is 26.9. The van der Waals surface area contributed by atoms with Crippen molar-refractivity contribution in [2.45, 2.75) is 12.8 Å². The number of aromatic nitrogens is 2. The number of carbonyl (C=O) groups excluding carboxylic acids is 1. The van der Waals surface area contributed by atoms with Crippen LogP contribution in [0.4, 0.5) is 11.6 Å². The lowest BCUT2D eigenvalue weighted by Gasteiger charge is -2.33. The summed E-state index contributed by atoms with van der Waals surface area (Å²) in [5, 5.41) is 0. The van der Waals surface area contributed by atoms with Crippen molar-refractivity contribution in [1.29, 1.82) is 0 Å². The highest BCUT2D eigenvalue weighted by Crippen LogP contribution is 2.39. The molecular weight excluding hydrogens is 294 g/mol. The van der Waals surface area contributed by atoms with Crippen molar-refractivity contribution in [1.82, 2.24) is 14.9 Å². The number of anilines is 2. The van der Waals surface area contributed by atoms with Gasteiger partial charge in [-0.05, 0) is 12.8 Å². The van der Waals surface area contributed by atoms with E-state index in [-0.39, 0.29) is 5.91 Å². The molecule has 1 atom stereocenters. The van der Waals surface area contributed by atoms with E-state index in [1.54, 1.807) is 11.2 Å². The van der Waals surface area contributed by atoms with Crippen LogP contribution in [0.15, 0.2) is 12.4 Å². The topological polar surface area (TPSA) is 61.8 Å². The van der Waals surface area contributed by atoms with Gasteiger partial charge in [0.25, 0.3) is 0 Å². The average Bonchev–Trinajstić information content (AvgIpc) is 3.21. The van der Waals surface area contributed by atoms with Gasteiger partial charge in [0.2, 0.25) is 5.91 Å². The van der Waals surface area contributed by atoms with E-state index < -0.39 is 0 Å². The van der Waals surface area contributed by atoms with Gasteiger partial charge in [0.1, 0.15) is 18.0 Å². The Morgan fingerprint density at radius 1 is 1.13 bits per heavy atom. The van der Waals surface area contributed by atoms with Gasteiger partial charge in [0, 0.05) is 51.3 Å². The first kappa shape index (κ1) is 14.7. The van der Waals surface area contributed by atoms with Crippen molar-refractivity contribution >= 4 is 17.5 Å². The Hall–Kier alpha value is -1.89. The van der Waals surface area contributed by atoms with Gasteiger partial charge in [0.15, 0.2) is 0 Å². The number of likely N-dealkylation sites (N-methyl/N-ethyl adjacent to an activating group) is 1. The summed E-state index contributed by atoms with van der Waals surface area (Å²) in [6.45, 7) is 5.72. The largest absolute Gasteiger partial charge is 0.381 e. The van der Waals surface area contributed by atoms with Gasteiger partial charge in [-0.1, -0.05) is 0 Å². The molecule has 4 rings (SSSR count). The molecule has 7 nitrogen and oxygen atoms in total. The molecule has 3 fully saturated rings. The molecule has 124 valence electrons. The van der Waals surface area contributed by atoms with Crippen LogP contribution < -0.4 is 9.80 Å². The van der Waals surface area contributed by atoms with Gasteiger partial charge >= 0.3 is 0 Å². The van der Waals surface area contributed by atoms with Crippen molar-refractivity contribution in [3.8, 4) is 0 Å². The van der Waals surface area contributed by atoms with Crippen LogP contribution in [0.25, 0.3) is 0 Å². The first-order valence-electron chi connectivity index (χ1n) is 8.29. The molecule has 3 aliphatic rings. The lowest BCUT2D eigenvalue weighted by atomic mass is 9.87. The molecule has 0 aliphatic carbocycles. The lowest BCUT2D eigenvalue weighted by molar-refractivity contribution is -0.129. The van der Waals surface area contributed by atoms with Gasteiger partial charge < -0.3 is 19.4 Å². The van der Waals surface area contributed by atoms with Crippen LogP contribution >= 0.6 is 0 Å². The van der Waals surface area contributed by atoms with Crippen LogP contribution in [-0.4, -0.2) is 73.8 Å². The van der Waals surface area contributed by atoms with Crippen LogP contribution in [0.3, 0.4) is 0 Å². The number of hydrogen-bond acceptors (Lipinski definition) is 6. The Morgan fingerprint density at radius 3 is 2.70 bits per heavy atom. The molecule has 1 unspecified atom stereocenters. The Balaban J connectivity index is 1.50. The van der Waals surface area contributed by atoms with Crippen molar-refractivity contribution < 1.29 is 9.53 Å². The number of rotatable bonds is 2. The van der Waals surface area contributed by atoms with E-state index in [9.17, 15) is 4.79 Å². The maximum Gasteiger partial charge on any atom is 0.241 e. The first-order chi connectivity index (χ1) is 11.2. The number of piperazine rings is 1. The fourth-order valence-corrected chi connectivity index (χ4v) is 3.74. The minimum Gasteiger partial charge on any atom is -0.381 e. The minimum absolute atomic E-state index is 0.139. The second kappa shape index (κ2) is 5.63. The SMILES string of the molecule is CN1CCN(c2cc(N3CCC4(CCOC4)C3)ncn2)CC1=O. The maximum atomic E-state index is 11.9. The highest BCUT2D eigenvalue weighted by molar-refractivity contribution is 5.82. The van der Waals surface area contributed by atoms with Crippen LogP contribution in [0.5, 0.6) is 0 Å². The smallest absolute Gasteiger partial charge is 0.241 e. The highest BCUT2D eigenvalue weighted by atomic mass is 16.5. The standard InChI is InChI=1S/C16H23N5O2/c1-19-5-6-20(9-15(19)22)13-8-14(18-12-17-13)21-4-2-16(10-21)3-7-23-11-16/h8,12H,2-7,9-11H2,1H3. The summed E-state index contributed by atoms with van der Waals surface area (Å²) >= 11 is 0. The monoisotopic (exact) mass is 317 g/mol. The van der Waals surface area contributed by atoms with E-state index in [0.717, 1.165) is 57.4 Å². The number of nitrogens with zero attached hydrogens (tertiary/aromatic N) is 5. The van der Waals surface area contributed by atoms with Crippen LogP contribution in [0.2, 0.25) is 0 Å². The third-order valence-electron chi connectivity index (χ3n) is 5.37. The van der Waals surface area contributed by atoms with E-state index in [1.807, 2.05) is 18.0 Å². The van der Waals surface area contributed by atoms with E-state index in [4.69, 9.17) is 4.74 Å². The molecule has 1 spiro atoms. The molecule has 1 amide bonds. The summed E-state index contributed by atoms with van der Waals surface area (Å²) in [6, 6.07) is 2.02. The van der Waals surface area contributed by atoms with Gasteiger partial charge in [-0.3, -0.25) is 4.79 Å². The molecule has 0 aromatic carbocycles. The zero-order valence-corrected chi connectivity index (χ0v) is 13.6. The Bertz CT molecular complexity index is 602. The third kappa shape index (κ3) is 2.73. The van der Waals surface area contributed by atoms with Crippen molar-refractivity contribution in [2.24, 2.45) is 5.41 Å². The molecule has 3 aliphatic heterocycles. The Kier molecular flexibility index (Phi) is 3.60. The molecule has 0 N–H and O–H groups in total. The second-order valence-electron chi connectivity index (χ2n) is 6.95. The number of carbonyl (C=O) groups is 1. The van der Waals surface area contributed by atoms with Crippen LogP contribution in [0.1, 0.15) is 12.8 Å². The van der Waals surface area contributed by atoms with E-state index in [0.29, 0.717) is 12.0 Å². The van der Waals surface area contributed by atoms with Crippen molar-refractivity contribution in [3.63, 3.8) is 0 Å². The van der Waals surface area contributed by atoms with Crippen molar-refractivity contribution in [3.05, 3.63) is 12.4 Å². The highest BCUT2D eigenvalue weighted by Gasteiger charge is 2.41. The quantitative estimate of drug-likeness (QED) is 0.785. The summed E-state index contributed by atoms with van der Waals surface area (Å²) in [5.74, 6) is 1.95. The molecule has 1 aromatic heterocycles. The van der Waals surface area contributed by atoms with Crippen molar-refractivity contribution in [2.75, 3.05) is 62.8 Å². The van der Waals surface area contributed by atoms with Crippen LogP contribution in [0, 0.1) is 5.41 Å². The zero-order chi connectivity index (χ0) is 15.9. The first-order valence-corrected chi connectivity index (χ1v) is 8.29. The fourth-order valence-electron chi connectivity index (χ4n) is 3.74. The fraction of sp³-hybridized carbons (Fsp3) is 0.688. The summed E-state index contributed by atoms with van der Waals surface area (Å²) in [6.07, 6.45) is 3.93. The number of amides is 1. The molecule has 4 heterocycles. The van der Waals surface area contributed by atoms with E-state index in [2.05, 4.69) is 14.9 Å². The lowest BCUT2D eigenvalue weighted by Crippen LogP contribution is -2.48. The van der Waals surface area contributed by atoms with Gasteiger partial charge in [-0.15, -0.1) is 0 Å². The predicted octanol–water partition coefficient (Wildman–Crippen LogP) is 0.372. The molecule has 23 heavy (non-hydrogen) atoms. The van der Waals surface area contributed by atoms with E-state index >= 15 is 0 Å². The molecule has 0 saturated carbocycles. The molecule has 0 radical (unpaired) electrons. The molecule has 3 saturated heterocycles. The Morgan fingerprint density at radius 2 is 1.96 bits per heavy atom. The molecule has 7 heteroatoms. The third-order valence-corrected chi connectivity index (χ3v) is 5.37. The summed E-state index contributed by atoms with van der Waals surface area (Å²) < 4.78 is 5.60. The molecule has 1 aromatic rings. The summed E-state index contributed by atoms with van der Waals surface area (Å²) in [7, 11) is 1.85. The van der Waals surface area contributed by atoms with E-state index in [1.165, 1.54) is 6.42 Å². The maximum absolute atomic E-state index is 11.9. The second-order valence-corrected chi connectivity index (χ2v) is 6.95. The summed E-state index contributed by atoms with van der Waals surface area (Å²) in [5.41, 5.74) is 0.314. The number of hydrogen-bond donors (Lipinski definition) is 0. The van der Waals surface area contributed by atoms with Gasteiger partial charge in [-0.25, -0.2) is 9.97 Å². The zero-order valence-electron chi connectivity index (χ0n) is 13.6. The minimum atomic E-state index is 0.139.